The Bertz CT molecular complexity index is 287. The van der Waals surface area contributed by atoms with Crippen molar-refractivity contribution in [3.63, 3.8) is 0 Å². The van der Waals surface area contributed by atoms with Crippen LogP contribution < -0.4 is 0 Å². The van der Waals surface area contributed by atoms with Crippen molar-refractivity contribution in [3.05, 3.63) is 12.2 Å². The van der Waals surface area contributed by atoms with Crippen LogP contribution in [-0.2, 0) is 22.9 Å². The molecule has 0 aliphatic carbocycles. The second-order valence-electron chi connectivity index (χ2n) is 3.40. The molecule has 0 fully saturated rings. The van der Waals surface area contributed by atoms with E-state index in [-0.39, 0.29) is 5.78 Å². The molecule has 1 atom stereocenters. The third-order valence-corrected chi connectivity index (χ3v) is 4.96. The summed E-state index contributed by atoms with van der Waals surface area (Å²) in [7, 11) is 0.592. The first-order valence-corrected chi connectivity index (χ1v) is 6.48. The Hall–Kier alpha value is -0.823. The third-order valence-electron chi connectivity index (χ3n) is 2.32. The molecule has 0 aromatic rings. The lowest BCUT2D eigenvalue weighted by Crippen LogP contribution is -2.55. The minimum Gasteiger partial charge on any atom is -0.372 e. The van der Waals surface area contributed by atoms with Gasteiger partial charge in [-0.1, -0.05) is 6.58 Å². The van der Waals surface area contributed by atoms with Crippen molar-refractivity contribution in [2.24, 2.45) is 5.92 Å². The van der Waals surface area contributed by atoms with Gasteiger partial charge in [0.25, 0.3) is 0 Å². The first kappa shape index (κ1) is 15.2. The maximum absolute atomic E-state index is 12.0. The monoisotopic (exact) mass is 246 g/mol. The minimum absolute atomic E-state index is 0.326. The lowest BCUT2D eigenvalue weighted by molar-refractivity contribution is -0.129. The van der Waals surface area contributed by atoms with Gasteiger partial charge >= 0.3 is 8.80 Å². The van der Waals surface area contributed by atoms with Crippen molar-refractivity contribution in [1.82, 2.24) is 0 Å². The van der Waals surface area contributed by atoms with Crippen LogP contribution in [0.1, 0.15) is 13.8 Å². The Morgan fingerprint density at radius 1 is 1.12 bits per heavy atom. The predicted molar refractivity (Wildman–Crippen MR) is 60.8 cm³/mol. The molecule has 0 bridgehead atoms. The summed E-state index contributed by atoms with van der Waals surface area (Å²) in [6.07, 6.45) is 0. The van der Waals surface area contributed by atoms with E-state index < -0.39 is 20.1 Å². The zero-order valence-electron chi connectivity index (χ0n) is 10.3. The number of ketones is 1. The molecule has 0 spiro atoms. The number of carbonyl (C=O) groups is 2. The number of carbonyl (C=O) groups excluding carboxylic acids is 2. The van der Waals surface area contributed by atoms with Crippen LogP contribution in [0.5, 0.6) is 0 Å². The van der Waals surface area contributed by atoms with Crippen molar-refractivity contribution in [3.8, 4) is 0 Å². The van der Waals surface area contributed by atoms with E-state index in [1.807, 2.05) is 0 Å². The van der Waals surface area contributed by atoms with Gasteiger partial charge in [0.15, 0.2) is 5.78 Å². The van der Waals surface area contributed by atoms with Crippen molar-refractivity contribution in [2.75, 3.05) is 21.3 Å². The lowest BCUT2D eigenvalue weighted by atomic mass is 10.0. The third kappa shape index (κ3) is 2.85. The summed E-state index contributed by atoms with van der Waals surface area (Å²) < 4.78 is 15.0. The largest absolute Gasteiger partial charge is 0.574 e. The van der Waals surface area contributed by atoms with Gasteiger partial charge in [0.05, 0.1) is 5.92 Å². The van der Waals surface area contributed by atoms with E-state index in [2.05, 4.69) is 6.58 Å². The topological polar surface area (TPSA) is 61.8 Å². The average molecular weight is 246 g/mol. The second-order valence-corrected chi connectivity index (χ2v) is 6.23. The fourth-order valence-corrected chi connectivity index (χ4v) is 3.07. The van der Waals surface area contributed by atoms with Gasteiger partial charge in [-0.05, 0) is 19.4 Å². The summed E-state index contributed by atoms with van der Waals surface area (Å²) in [5.41, 5.74) is 0.326. The van der Waals surface area contributed by atoms with E-state index in [4.69, 9.17) is 13.3 Å². The molecule has 92 valence electrons. The molecule has 5 nitrogen and oxygen atoms in total. The molecule has 1 unspecified atom stereocenters. The maximum Gasteiger partial charge on any atom is 0.574 e. The van der Waals surface area contributed by atoms with E-state index in [0.29, 0.717) is 5.57 Å². The van der Waals surface area contributed by atoms with E-state index in [9.17, 15) is 9.59 Å². The van der Waals surface area contributed by atoms with Gasteiger partial charge in [-0.25, -0.2) is 0 Å². The lowest BCUT2D eigenvalue weighted by Gasteiger charge is -2.24. The maximum atomic E-state index is 12.0. The molecule has 0 aliphatic heterocycles. The fraction of sp³-hybridized carbons (Fsp3) is 0.600. The molecule has 0 aromatic carbocycles. The summed E-state index contributed by atoms with van der Waals surface area (Å²) in [6, 6.07) is 0. The van der Waals surface area contributed by atoms with E-state index >= 15 is 0 Å². The van der Waals surface area contributed by atoms with Crippen LogP contribution in [0.3, 0.4) is 0 Å². The van der Waals surface area contributed by atoms with Gasteiger partial charge < -0.3 is 13.3 Å². The highest BCUT2D eigenvalue weighted by molar-refractivity contribution is 6.93. The molecule has 0 amide bonds. The van der Waals surface area contributed by atoms with Crippen molar-refractivity contribution in [2.45, 2.75) is 13.8 Å². The highest BCUT2D eigenvalue weighted by atomic mass is 28.4. The Kier molecular flexibility index (Phi) is 5.74. The number of rotatable bonds is 7. The number of allylic oxidation sites excluding steroid dienone is 1. The van der Waals surface area contributed by atoms with Gasteiger partial charge in [0.2, 0.25) is 5.41 Å². The zero-order chi connectivity index (χ0) is 12.9. The zero-order valence-corrected chi connectivity index (χ0v) is 11.3. The number of Topliss-reactive ketones (excluding diaryl/α,β-unsaturated/α-hetero) is 1. The molecule has 0 radical (unpaired) electrons. The smallest absolute Gasteiger partial charge is 0.372 e. The summed E-state index contributed by atoms with van der Waals surface area (Å²) in [6.45, 7) is 6.56. The SMILES string of the molecule is C=C(C)C(=O)C(C)C(=O)[Si](OC)(OC)OC. The standard InChI is InChI=1S/C10H18O5Si/c1-7(2)9(11)8(3)10(12)16(13-4,14-5)15-6/h8H,1H2,2-6H3. The Morgan fingerprint density at radius 2 is 1.50 bits per heavy atom. The molecule has 0 N–H and O–H groups in total. The molecule has 16 heavy (non-hydrogen) atoms. The van der Waals surface area contributed by atoms with E-state index in [1.165, 1.54) is 28.3 Å². The normalized spacial score (nSPS) is 13.3. The molecule has 0 saturated carbocycles. The summed E-state index contributed by atoms with van der Waals surface area (Å²) in [5, 5.41) is -0.451. The highest BCUT2D eigenvalue weighted by Gasteiger charge is 2.51. The van der Waals surface area contributed by atoms with E-state index in [0.717, 1.165) is 0 Å². The fourth-order valence-electron chi connectivity index (χ4n) is 1.31. The van der Waals surface area contributed by atoms with Gasteiger partial charge in [0, 0.05) is 21.3 Å². The van der Waals surface area contributed by atoms with Crippen molar-refractivity contribution < 1.29 is 22.9 Å². The molecule has 0 saturated heterocycles. The second kappa shape index (κ2) is 6.05. The van der Waals surface area contributed by atoms with Gasteiger partial charge in [-0.2, -0.15) is 0 Å². The first-order valence-electron chi connectivity index (χ1n) is 4.75. The van der Waals surface area contributed by atoms with Gasteiger partial charge in [-0.3, -0.25) is 9.59 Å². The van der Waals surface area contributed by atoms with Gasteiger partial charge in [0.1, 0.15) is 0 Å². The molecule has 0 rings (SSSR count). The van der Waals surface area contributed by atoms with Crippen LogP contribution in [0, 0.1) is 5.92 Å². The molecule has 0 heterocycles. The Labute approximate surface area is 96.7 Å². The minimum atomic E-state index is -3.39. The Morgan fingerprint density at radius 3 is 1.75 bits per heavy atom. The first-order chi connectivity index (χ1) is 7.36. The van der Waals surface area contributed by atoms with Gasteiger partial charge in [-0.15, -0.1) is 0 Å². The van der Waals surface area contributed by atoms with Crippen molar-refractivity contribution in [1.29, 1.82) is 0 Å². The quantitative estimate of drug-likeness (QED) is 0.377. The number of hydrogen-bond acceptors (Lipinski definition) is 5. The van der Waals surface area contributed by atoms with Crippen LogP contribution in [0.2, 0.25) is 0 Å². The molecule has 6 heteroatoms. The Balaban J connectivity index is 5.03. The predicted octanol–water partition coefficient (Wildman–Crippen LogP) is 0.754. The summed E-state index contributed by atoms with van der Waals surface area (Å²) in [4.78, 5) is 23.6. The van der Waals surface area contributed by atoms with Crippen LogP contribution in [0.4, 0.5) is 0 Å². The summed E-state index contributed by atoms with van der Waals surface area (Å²) in [5.74, 6) is -1.18. The number of hydrogen-bond donors (Lipinski definition) is 0. The van der Waals surface area contributed by atoms with Crippen LogP contribution >= 0.6 is 0 Å². The molecule has 0 aromatic heterocycles. The summed E-state index contributed by atoms with van der Waals surface area (Å²) >= 11 is 0. The van der Waals surface area contributed by atoms with Crippen LogP contribution in [0.25, 0.3) is 0 Å². The van der Waals surface area contributed by atoms with E-state index in [1.54, 1.807) is 6.92 Å². The molecular weight excluding hydrogens is 228 g/mol. The average Bonchev–Trinajstić information content (AvgIpc) is 2.29. The van der Waals surface area contributed by atoms with Crippen molar-refractivity contribution >= 4 is 20.0 Å². The van der Waals surface area contributed by atoms with Crippen LogP contribution in [-0.4, -0.2) is 41.3 Å². The molecular formula is C10H18O5Si. The highest BCUT2D eigenvalue weighted by Crippen LogP contribution is 2.16. The van der Waals surface area contributed by atoms with Crippen LogP contribution in [0.15, 0.2) is 12.2 Å². The molecule has 0 aliphatic rings.